The summed E-state index contributed by atoms with van der Waals surface area (Å²) in [6.07, 6.45) is 1.27. The van der Waals surface area contributed by atoms with E-state index in [1.807, 2.05) is 45.0 Å². The van der Waals surface area contributed by atoms with Crippen LogP contribution in [0.2, 0.25) is 0 Å². The number of carbonyl (C=O) groups excluding carboxylic acids is 1. The average Bonchev–Trinajstić information content (AvgIpc) is 2.39. The van der Waals surface area contributed by atoms with Gasteiger partial charge in [-0.3, -0.25) is 4.79 Å². The summed E-state index contributed by atoms with van der Waals surface area (Å²) in [6.45, 7) is 5.89. The highest BCUT2D eigenvalue weighted by Crippen LogP contribution is 2.23. The molecule has 0 saturated carbocycles. The molecule has 1 amide bonds. The summed E-state index contributed by atoms with van der Waals surface area (Å²) in [5.41, 5.74) is 0.580. The van der Waals surface area contributed by atoms with Gasteiger partial charge in [-0.05, 0) is 44.4 Å². The van der Waals surface area contributed by atoms with Crippen LogP contribution in [0.4, 0.5) is 0 Å². The first kappa shape index (κ1) is 16.5. The van der Waals surface area contributed by atoms with Crippen molar-refractivity contribution in [2.75, 3.05) is 13.7 Å². The number of aliphatic hydroxyl groups excluding tert-OH is 1. The lowest BCUT2D eigenvalue weighted by atomic mass is 9.93. The maximum Gasteiger partial charge on any atom is 0.227 e. The first-order chi connectivity index (χ1) is 9.43. The van der Waals surface area contributed by atoms with E-state index in [-0.39, 0.29) is 18.4 Å². The Hall–Kier alpha value is -1.55. The van der Waals surface area contributed by atoms with E-state index in [1.165, 1.54) is 0 Å². The van der Waals surface area contributed by atoms with E-state index in [2.05, 4.69) is 5.32 Å². The van der Waals surface area contributed by atoms with E-state index < -0.39 is 5.54 Å². The highest BCUT2D eigenvalue weighted by molar-refractivity contribution is 5.84. The van der Waals surface area contributed by atoms with Crippen molar-refractivity contribution in [1.82, 2.24) is 5.32 Å². The summed E-state index contributed by atoms with van der Waals surface area (Å²) < 4.78 is 5.13. The van der Waals surface area contributed by atoms with Gasteiger partial charge in [0, 0.05) is 12.1 Å². The SMILES string of the molecule is CC[C@H](C(=O)NC(C)(C)CCO)c1ccc(OC)cc1. The van der Waals surface area contributed by atoms with Crippen LogP contribution in [0.3, 0.4) is 0 Å². The van der Waals surface area contributed by atoms with Gasteiger partial charge in [0.1, 0.15) is 5.75 Å². The summed E-state index contributed by atoms with van der Waals surface area (Å²) in [5, 5.41) is 12.0. The fraction of sp³-hybridized carbons (Fsp3) is 0.562. The van der Waals surface area contributed by atoms with E-state index >= 15 is 0 Å². The summed E-state index contributed by atoms with van der Waals surface area (Å²) in [4.78, 5) is 12.4. The number of hydrogen-bond donors (Lipinski definition) is 2. The quantitative estimate of drug-likeness (QED) is 0.806. The van der Waals surface area contributed by atoms with E-state index in [4.69, 9.17) is 9.84 Å². The molecule has 0 saturated heterocycles. The van der Waals surface area contributed by atoms with Gasteiger partial charge in [-0.25, -0.2) is 0 Å². The first-order valence-electron chi connectivity index (χ1n) is 7.00. The third-order valence-electron chi connectivity index (χ3n) is 3.44. The van der Waals surface area contributed by atoms with Gasteiger partial charge < -0.3 is 15.2 Å². The molecule has 0 aliphatic heterocycles. The molecule has 0 radical (unpaired) electrons. The van der Waals surface area contributed by atoms with E-state index in [9.17, 15) is 4.79 Å². The van der Waals surface area contributed by atoms with Gasteiger partial charge in [0.15, 0.2) is 0 Å². The molecule has 0 unspecified atom stereocenters. The Morgan fingerprint density at radius 3 is 2.40 bits per heavy atom. The minimum atomic E-state index is -0.397. The van der Waals surface area contributed by atoms with Crippen LogP contribution in [0.25, 0.3) is 0 Å². The first-order valence-corrected chi connectivity index (χ1v) is 7.00. The Labute approximate surface area is 121 Å². The number of aliphatic hydroxyl groups is 1. The van der Waals surface area contributed by atoms with Crippen LogP contribution in [-0.2, 0) is 4.79 Å². The van der Waals surface area contributed by atoms with E-state index in [0.29, 0.717) is 6.42 Å². The van der Waals surface area contributed by atoms with Gasteiger partial charge >= 0.3 is 0 Å². The second-order valence-corrected chi connectivity index (χ2v) is 5.58. The minimum absolute atomic E-state index is 0.00360. The zero-order valence-electron chi connectivity index (χ0n) is 12.8. The van der Waals surface area contributed by atoms with Gasteiger partial charge in [0.05, 0.1) is 13.0 Å². The van der Waals surface area contributed by atoms with Crippen LogP contribution in [-0.4, -0.2) is 30.3 Å². The number of ether oxygens (including phenoxy) is 1. The standard InChI is InChI=1S/C16H25NO3/c1-5-14(12-6-8-13(20-4)9-7-12)15(19)17-16(2,3)10-11-18/h6-9,14,18H,5,10-11H2,1-4H3,(H,17,19)/t14-/m0/s1. The molecule has 0 aliphatic rings. The Morgan fingerprint density at radius 1 is 1.35 bits per heavy atom. The fourth-order valence-corrected chi connectivity index (χ4v) is 2.17. The Balaban J connectivity index is 2.81. The molecule has 4 nitrogen and oxygen atoms in total. The molecule has 112 valence electrons. The normalized spacial score (nSPS) is 12.8. The third kappa shape index (κ3) is 4.53. The van der Waals surface area contributed by atoms with Crippen LogP contribution in [0.1, 0.15) is 45.1 Å². The second kappa shape index (κ2) is 7.29. The maximum absolute atomic E-state index is 12.4. The van der Waals surface area contributed by atoms with Gasteiger partial charge in [-0.15, -0.1) is 0 Å². The largest absolute Gasteiger partial charge is 0.497 e. The van der Waals surface area contributed by atoms with Gasteiger partial charge in [-0.1, -0.05) is 19.1 Å². The lowest BCUT2D eigenvalue weighted by Crippen LogP contribution is -2.46. The molecule has 1 aromatic carbocycles. The zero-order chi connectivity index (χ0) is 15.2. The highest BCUT2D eigenvalue weighted by atomic mass is 16.5. The smallest absolute Gasteiger partial charge is 0.227 e. The number of carbonyl (C=O) groups is 1. The molecule has 0 bridgehead atoms. The molecular weight excluding hydrogens is 254 g/mol. The lowest BCUT2D eigenvalue weighted by Gasteiger charge is -2.28. The molecule has 1 rings (SSSR count). The number of rotatable bonds is 7. The van der Waals surface area contributed by atoms with E-state index in [1.54, 1.807) is 7.11 Å². The molecule has 0 aliphatic carbocycles. The fourth-order valence-electron chi connectivity index (χ4n) is 2.17. The predicted molar refractivity (Wildman–Crippen MR) is 80.0 cm³/mol. The van der Waals surface area contributed by atoms with Crippen LogP contribution >= 0.6 is 0 Å². The number of hydrogen-bond acceptors (Lipinski definition) is 3. The number of methoxy groups -OCH3 is 1. The summed E-state index contributed by atoms with van der Waals surface area (Å²) >= 11 is 0. The number of nitrogens with one attached hydrogen (secondary N) is 1. The van der Waals surface area contributed by atoms with Crippen molar-refractivity contribution < 1.29 is 14.6 Å². The lowest BCUT2D eigenvalue weighted by molar-refractivity contribution is -0.124. The van der Waals surface area contributed by atoms with Crippen LogP contribution < -0.4 is 10.1 Å². The molecule has 0 heterocycles. The molecule has 20 heavy (non-hydrogen) atoms. The third-order valence-corrected chi connectivity index (χ3v) is 3.44. The monoisotopic (exact) mass is 279 g/mol. The van der Waals surface area contributed by atoms with Gasteiger partial charge in [0.25, 0.3) is 0 Å². The topological polar surface area (TPSA) is 58.6 Å². The maximum atomic E-state index is 12.4. The molecule has 2 N–H and O–H groups in total. The summed E-state index contributed by atoms with van der Waals surface area (Å²) in [6, 6.07) is 7.57. The van der Waals surface area contributed by atoms with Crippen LogP contribution in [0.5, 0.6) is 5.75 Å². The zero-order valence-corrected chi connectivity index (χ0v) is 12.8. The minimum Gasteiger partial charge on any atom is -0.497 e. The van der Waals surface area contributed by atoms with Crippen LogP contribution in [0, 0.1) is 0 Å². The van der Waals surface area contributed by atoms with Gasteiger partial charge in [-0.2, -0.15) is 0 Å². The van der Waals surface area contributed by atoms with E-state index in [0.717, 1.165) is 17.7 Å². The molecule has 0 aromatic heterocycles. The average molecular weight is 279 g/mol. The van der Waals surface area contributed by atoms with Crippen molar-refractivity contribution in [1.29, 1.82) is 0 Å². The molecule has 4 heteroatoms. The Kier molecular flexibility index (Phi) is 6.02. The Morgan fingerprint density at radius 2 is 1.95 bits per heavy atom. The summed E-state index contributed by atoms with van der Waals surface area (Å²) in [5.74, 6) is 0.597. The Bertz CT molecular complexity index is 426. The molecule has 1 aromatic rings. The van der Waals surface area contributed by atoms with Gasteiger partial charge in [0.2, 0.25) is 5.91 Å². The van der Waals surface area contributed by atoms with Crippen molar-refractivity contribution in [3.05, 3.63) is 29.8 Å². The van der Waals surface area contributed by atoms with Crippen LogP contribution in [0.15, 0.2) is 24.3 Å². The molecule has 1 atom stereocenters. The van der Waals surface area contributed by atoms with Crippen molar-refractivity contribution >= 4 is 5.91 Å². The van der Waals surface area contributed by atoms with Crippen molar-refractivity contribution in [2.45, 2.75) is 45.1 Å². The predicted octanol–water partition coefficient (Wildman–Crippen LogP) is 2.47. The number of amides is 1. The molecular formula is C16H25NO3. The molecule has 0 spiro atoms. The van der Waals surface area contributed by atoms with Crippen molar-refractivity contribution in [3.8, 4) is 5.75 Å². The van der Waals surface area contributed by atoms with Crippen molar-refractivity contribution in [2.24, 2.45) is 0 Å². The second-order valence-electron chi connectivity index (χ2n) is 5.58. The summed E-state index contributed by atoms with van der Waals surface area (Å²) in [7, 11) is 1.62. The van der Waals surface area contributed by atoms with Crippen molar-refractivity contribution in [3.63, 3.8) is 0 Å². The molecule has 0 fully saturated rings. The number of benzene rings is 1. The highest BCUT2D eigenvalue weighted by Gasteiger charge is 2.25.